The second kappa shape index (κ2) is 4.70. The van der Waals surface area contributed by atoms with Crippen molar-refractivity contribution in [1.82, 2.24) is 4.57 Å². The number of hydrogen-bond acceptors (Lipinski definition) is 1. The van der Waals surface area contributed by atoms with Crippen LogP contribution in [0, 0.1) is 0 Å². The molecule has 4 rings (SSSR count). The summed E-state index contributed by atoms with van der Waals surface area (Å²) >= 11 is 0. The van der Waals surface area contributed by atoms with Crippen LogP contribution in [0.25, 0.3) is 21.8 Å². The van der Waals surface area contributed by atoms with Crippen molar-refractivity contribution in [3.8, 4) is 0 Å². The van der Waals surface area contributed by atoms with Gasteiger partial charge >= 0.3 is 0 Å². The van der Waals surface area contributed by atoms with E-state index in [1.165, 1.54) is 21.8 Å². The fourth-order valence-electron chi connectivity index (χ4n) is 3.74. The van der Waals surface area contributed by atoms with Crippen LogP contribution in [0.1, 0.15) is 19.8 Å². The Kier molecular flexibility index (Phi) is 2.93. The molecule has 21 heavy (non-hydrogen) atoms. The summed E-state index contributed by atoms with van der Waals surface area (Å²) in [6.07, 6.45) is 2.23. The smallest absolute Gasteiger partial charge is 0.0492 e. The van der Waals surface area contributed by atoms with Crippen LogP contribution in [0.15, 0.2) is 47.4 Å². The van der Waals surface area contributed by atoms with Crippen molar-refractivity contribution in [2.24, 2.45) is 0 Å². The van der Waals surface area contributed by atoms with E-state index in [1.807, 2.05) is 0 Å². The number of rotatable bonds is 2. The number of benzene rings is 2. The summed E-state index contributed by atoms with van der Waals surface area (Å²) in [6.45, 7) is 3.14. The Morgan fingerprint density at radius 1 is 1.00 bits per heavy atom. The van der Waals surface area contributed by atoms with Crippen molar-refractivity contribution in [2.75, 3.05) is 11.5 Å². The van der Waals surface area contributed by atoms with Crippen LogP contribution in [0.2, 0.25) is 0 Å². The van der Waals surface area contributed by atoms with Crippen LogP contribution in [-0.2, 0) is 16.5 Å². The molecule has 0 spiro atoms. The second-order valence-electron chi connectivity index (χ2n) is 6.01. The number of fused-ring (bicyclic) bond motifs is 3. The van der Waals surface area contributed by atoms with Crippen molar-refractivity contribution < 1.29 is 4.21 Å². The van der Waals surface area contributed by atoms with Gasteiger partial charge in [-0.2, -0.15) is 0 Å². The Bertz CT molecular complexity index is 867. The molecule has 1 saturated heterocycles. The Balaban J connectivity index is 2.03. The zero-order chi connectivity index (χ0) is 14.4. The molecule has 1 aromatic heterocycles. The Labute approximate surface area is 126 Å². The van der Waals surface area contributed by atoms with Gasteiger partial charge in [-0.05, 0) is 44.0 Å². The Morgan fingerprint density at radius 2 is 1.71 bits per heavy atom. The topological polar surface area (TPSA) is 22.0 Å². The summed E-state index contributed by atoms with van der Waals surface area (Å²) in [4.78, 5) is 1.09. The Hall–Kier alpha value is -1.61. The predicted molar refractivity (Wildman–Crippen MR) is 91.9 cm³/mol. The molecule has 1 aliphatic rings. The van der Waals surface area contributed by atoms with E-state index in [-0.39, 0.29) is 0 Å². The van der Waals surface area contributed by atoms with Crippen LogP contribution in [0.3, 0.4) is 0 Å². The summed E-state index contributed by atoms with van der Waals surface area (Å²) in [5.74, 6) is 1.79. The highest BCUT2D eigenvalue weighted by atomic mass is 32.2. The molecule has 1 fully saturated rings. The predicted octanol–water partition coefficient (Wildman–Crippen LogP) is 3.98. The van der Waals surface area contributed by atoms with Gasteiger partial charge in [0, 0.05) is 44.8 Å². The quantitative estimate of drug-likeness (QED) is 0.710. The van der Waals surface area contributed by atoms with Gasteiger partial charge in [0.05, 0.1) is 0 Å². The molecule has 0 atom stereocenters. The van der Waals surface area contributed by atoms with Gasteiger partial charge in [0.2, 0.25) is 0 Å². The van der Waals surface area contributed by atoms with Gasteiger partial charge in [0.25, 0.3) is 0 Å². The van der Waals surface area contributed by atoms with Gasteiger partial charge in [0.1, 0.15) is 0 Å². The molecule has 3 heteroatoms. The fraction of sp³-hybridized carbons (Fsp3) is 0.333. The first kappa shape index (κ1) is 13.1. The maximum absolute atomic E-state index is 13.1. The minimum atomic E-state index is -2.11. The lowest BCUT2D eigenvalue weighted by Crippen LogP contribution is -2.13. The standard InChI is InChI=1S/C18H21NOS/c1-2-19-17-8-4-3-7-15(17)16-13-14(9-10-18(16)19)21(20)11-5-6-12-21/h3-4,7-10,13,21H,2,5-6,11-12H2,1H3. The molecule has 1 aliphatic heterocycles. The number of thiol groups is 1. The van der Waals surface area contributed by atoms with Gasteiger partial charge in [0.15, 0.2) is 0 Å². The van der Waals surface area contributed by atoms with Crippen molar-refractivity contribution in [3.05, 3.63) is 42.5 Å². The number of nitrogens with zero attached hydrogens (tertiary/aromatic N) is 1. The second-order valence-corrected chi connectivity index (χ2v) is 9.20. The Morgan fingerprint density at radius 3 is 2.48 bits per heavy atom. The SMILES string of the molecule is CCn1c2ccccc2c2cc([SH]3(=O)CCCC3)ccc21. The average molecular weight is 299 g/mol. The van der Waals surface area contributed by atoms with Gasteiger partial charge in [-0.25, -0.2) is 0 Å². The highest BCUT2D eigenvalue weighted by molar-refractivity contribution is 8.03. The highest BCUT2D eigenvalue weighted by Gasteiger charge is 2.24. The third-order valence-corrected chi connectivity index (χ3v) is 8.13. The first-order chi connectivity index (χ1) is 10.2. The highest BCUT2D eigenvalue weighted by Crippen LogP contribution is 2.34. The van der Waals surface area contributed by atoms with E-state index in [1.54, 1.807) is 0 Å². The van der Waals surface area contributed by atoms with Gasteiger partial charge in [-0.15, -0.1) is 0 Å². The van der Waals surface area contributed by atoms with Crippen LogP contribution in [0.5, 0.6) is 0 Å². The molecule has 110 valence electrons. The maximum Gasteiger partial charge on any atom is 0.0492 e. The summed E-state index contributed by atoms with van der Waals surface area (Å²) in [5.41, 5.74) is 2.53. The van der Waals surface area contributed by atoms with E-state index in [2.05, 4.69) is 54.0 Å². The summed E-state index contributed by atoms with van der Waals surface area (Å²) in [6, 6.07) is 15.0. The maximum atomic E-state index is 13.1. The average Bonchev–Trinajstić information content (AvgIpc) is 3.09. The van der Waals surface area contributed by atoms with Gasteiger partial charge in [-0.3, -0.25) is 4.21 Å². The van der Waals surface area contributed by atoms with Crippen molar-refractivity contribution >= 4 is 31.7 Å². The summed E-state index contributed by atoms with van der Waals surface area (Å²) in [7, 11) is -2.11. The normalized spacial score (nSPS) is 19.3. The lowest BCUT2D eigenvalue weighted by atomic mass is 10.1. The zero-order valence-electron chi connectivity index (χ0n) is 12.4. The van der Waals surface area contributed by atoms with Gasteiger partial charge in [-0.1, -0.05) is 28.1 Å². The monoisotopic (exact) mass is 299 g/mol. The van der Waals surface area contributed by atoms with Gasteiger partial charge < -0.3 is 4.57 Å². The molecule has 0 bridgehead atoms. The van der Waals surface area contributed by atoms with Crippen LogP contribution in [0.4, 0.5) is 0 Å². The molecule has 0 unspecified atom stereocenters. The van der Waals surface area contributed by atoms with E-state index in [0.717, 1.165) is 35.8 Å². The molecular weight excluding hydrogens is 278 g/mol. The lowest BCUT2D eigenvalue weighted by Gasteiger charge is -2.17. The number of aromatic nitrogens is 1. The molecule has 0 saturated carbocycles. The molecule has 2 heterocycles. The lowest BCUT2D eigenvalue weighted by molar-refractivity contribution is 0.674. The molecular formula is C18H21NOS. The van der Waals surface area contributed by atoms with Crippen molar-refractivity contribution in [2.45, 2.75) is 31.2 Å². The summed E-state index contributed by atoms with van der Waals surface area (Å²) in [5, 5.41) is 2.54. The van der Waals surface area contributed by atoms with Crippen molar-refractivity contribution in [1.29, 1.82) is 0 Å². The third kappa shape index (κ3) is 1.87. The molecule has 3 aromatic rings. The first-order valence-corrected chi connectivity index (χ1v) is 9.90. The minimum absolute atomic E-state index is 0.894. The van der Waals surface area contributed by atoms with E-state index < -0.39 is 9.93 Å². The van der Waals surface area contributed by atoms with E-state index in [4.69, 9.17) is 0 Å². The fourth-order valence-corrected chi connectivity index (χ4v) is 6.66. The molecule has 0 radical (unpaired) electrons. The summed E-state index contributed by atoms with van der Waals surface area (Å²) < 4.78 is 15.4. The van der Waals surface area contributed by atoms with Crippen molar-refractivity contribution in [3.63, 3.8) is 0 Å². The number of aryl methyl sites for hydroxylation is 1. The van der Waals surface area contributed by atoms with E-state index in [9.17, 15) is 4.21 Å². The molecule has 2 aromatic carbocycles. The number of hydrogen-bond donors (Lipinski definition) is 1. The number of para-hydroxylation sites is 1. The van der Waals surface area contributed by atoms with Crippen LogP contribution < -0.4 is 0 Å². The largest absolute Gasteiger partial charge is 0.341 e. The molecule has 0 N–H and O–H groups in total. The van der Waals surface area contributed by atoms with Crippen LogP contribution >= 0.6 is 0 Å². The molecule has 0 aliphatic carbocycles. The molecule has 2 nitrogen and oxygen atoms in total. The van der Waals surface area contributed by atoms with E-state index >= 15 is 0 Å². The third-order valence-electron chi connectivity index (χ3n) is 4.83. The van der Waals surface area contributed by atoms with Crippen LogP contribution in [-0.4, -0.2) is 20.3 Å². The zero-order valence-corrected chi connectivity index (χ0v) is 13.3. The minimum Gasteiger partial charge on any atom is -0.341 e. The first-order valence-electron chi connectivity index (χ1n) is 7.82. The van der Waals surface area contributed by atoms with E-state index in [0.29, 0.717) is 0 Å². The molecule has 0 amide bonds.